The summed E-state index contributed by atoms with van der Waals surface area (Å²) in [5.74, 6) is -0.993. The summed E-state index contributed by atoms with van der Waals surface area (Å²) in [6.45, 7) is 2.53. The highest BCUT2D eigenvalue weighted by atomic mass is 16.5. The van der Waals surface area contributed by atoms with Crippen molar-refractivity contribution < 1.29 is 19.7 Å². The highest BCUT2D eigenvalue weighted by molar-refractivity contribution is 5.70. The number of piperidine rings is 1. The van der Waals surface area contributed by atoms with Gasteiger partial charge in [-0.3, -0.25) is 9.69 Å². The predicted octanol–water partition coefficient (Wildman–Crippen LogP) is 1.10. The van der Waals surface area contributed by atoms with E-state index in [1.807, 2.05) is 0 Å². The summed E-state index contributed by atoms with van der Waals surface area (Å²) in [6, 6.07) is 0. The summed E-state index contributed by atoms with van der Waals surface area (Å²) in [5, 5.41) is 19.6. The van der Waals surface area contributed by atoms with Crippen LogP contribution in [0, 0.1) is 5.92 Å². The number of aliphatic hydroxyl groups is 1. The molecule has 5 heteroatoms. The van der Waals surface area contributed by atoms with Gasteiger partial charge >= 0.3 is 5.97 Å². The van der Waals surface area contributed by atoms with Crippen molar-refractivity contribution in [2.45, 2.75) is 50.2 Å². The summed E-state index contributed by atoms with van der Waals surface area (Å²) in [4.78, 5) is 13.2. The molecule has 2 aliphatic rings. The van der Waals surface area contributed by atoms with E-state index in [2.05, 4.69) is 4.90 Å². The molecule has 0 aromatic rings. The van der Waals surface area contributed by atoms with Gasteiger partial charge < -0.3 is 14.9 Å². The second-order valence-electron chi connectivity index (χ2n) is 6.07. The Hall–Kier alpha value is -0.650. The van der Waals surface area contributed by atoms with Crippen LogP contribution in [0.25, 0.3) is 0 Å². The number of methoxy groups -OCH3 is 1. The molecule has 0 bridgehead atoms. The van der Waals surface area contributed by atoms with Crippen molar-refractivity contribution in [2.75, 3.05) is 26.7 Å². The third-order valence-electron chi connectivity index (χ3n) is 4.58. The van der Waals surface area contributed by atoms with Crippen LogP contribution >= 0.6 is 0 Å². The van der Waals surface area contributed by atoms with Crippen LogP contribution in [0.5, 0.6) is 0 Å². The highest BCUT2D eigenvalue weighted by Gasteiger charge is 2.37. The normalized spacial score (nSPS) is 37.2. The van der Waals surface area contributed by atoms with Crippen LogP contribution in [0.15, 0.2) is 0 Å². The first kappa shape index (κ1) is 14.8. The number of carbonyl (C=O) groups is 1. The smallest absolute Gasteiger partial charge is 0.306 e. The van der Waals surface area contributed by atoms with Gasteiger partial charge in [-0.25, -0.2) is 0 Å². The third kappa shape index (κ3) is 3.91. The topological polar surface area (TPSA) is 70.0 Å². The fraction of sp³-hybridized carbons (Fsp3) is 0.929. The molecule has 2 fully saturated rings. The van der Waals surface area contributed by atoms with Crippen LogP contribution in [-0.2, 0) is 9.53 Å². The SMILES string of the molecule is COC1CCCN(CC2(O)CCC(C(=O)O)CC2)C1. The molecule has 1 heterocycles. The Morgan fingerprint density at radius 2 is 2.05 bits per heavy atom. The van der Waals surface area contributed by atoms with Crippen molar-refractivity contribution in [1.29, 1.82) is 0 Å². The first-order chi connectivity index (χ1) is 9.02. The number of hydrogen-bond acceptors (Lipinski definition) is 4. The summed E-state index contributed by atoms with van der Waals surface area (Å²) >= 11 is 0. The Morgan fingerprint density at radius 3 is 2.63 bits per heavy atom. The minimum atomic E-state index is -0.723. The van der Waals surface area contributed by atoms with Gasteiger partial charge in [0.25, 0.3) is 0 Å². The van der Waals surface area contributed by atoms with Crippen LogP contribution in [0.1, 0.15) is 38.5 Å². The van der Waals surface area contributed by atoms with Crippen LogP contribution in [-0.4, -0.2) is 59.5 Å². The molecule has 2 N–H and O–H groups in total. The molecular formula is C14H25NO4. The monoisotopic (exact) mass is 271 g/mol. The maximum absolute atomic E-state index is 10.9. The molecule has 19 heavy (non-hydrogen) atoms. The molecule has 1 unspecified atom stereocenters. The van der Waals surface area contributed by atoms with Gasteiger partial charge in [0.1, 0.15) is 0 Å². The number of β-amino-alcohol motifs (C(OH)–C–C–N with tert-alkyl or cyclic N) is 1. The van der Waals surface area contributed by atoms with Crippen LogP contribution in [0.4, 0.5) is 0 Å². The Labute approximate surface area is 114 Å². The number of aliphatic carboxylic acids is 1. The van der Waals surface area contributed by atoms with Gasteiger partial charge in [0.05, 0.1) is 17.6 Å². The lowest BCUT2D eigenvalue weighted by Crippen LogP contribution is -2.50. The first-order valence-corrected chi connectivity index (χ1v) is 7.23. The lowest BCUT2D eigenvalue weighted by molar-refractivity contribution is -0.145. The Kier molecular flexibility index (Phi) is 4.81. The Morgan fingerprint density at radius 1 is 1.37 bits per heavy atom. The van der Waals surface area contributed by atoms with Crippen molar-refractivity contribution in [3.05, 3.63) is 0 Å². The number of likely N-dealkylation sites (tertiary alicyclic amines) is 1. The van der Waals surface area contributed by atoms with E-state index in [1.54, 1.807) is 7.11 Å². The maximum Gasteiger partial charge on any atom is 0.306 e. The largest absolute Gasteiger partial charge is 0.481 e. The van der Waals surface area contributed by atoms with Crippen molar-refractivity contribution in [3.8, 4) is 0 Å². The van der Waals surface area contributed by atoms with Gasteiger partial charge in [-0.1, -0.05) is 0 Å². The molecule has 1 saturated carbocycles. The predicted molar refractivity (Wildman–Crippen MR) is 71.0 cm³/mol. The summed E-state index contributed by atoms with van der Waals surface area (Å²) in [7, 11) is 1.74. The van der Waals surface area contributed by atoms with Crippen molar-refractivity contribution >= 4 is 5.97 Å². The lowest BCUT2D eigenvalue weighted by atomic mass is 9.78. The Bertz CT molecular complexity index is 313. The average molecular weight is 271 g/mol. The van der Waals surface area contributed by atoms with E-state index in [4.69, 9.17) is 9.84 Å². The van der Waals surface area contributed by atoms with Gasteiger partial charge in [-0.05, 0) is 45.1 Å². The zero-order valence-electron chi connectivity index (χ0n) is 11.7. The molecule has 110 valence electrons. The van der Waals surface area contributed by atoms with E-state index < -0.39 is 11.6 Å². The highest BCUT2D eigenvalue weighted by Crippen LogP contribution is 2.33. The third-order valence-corrected chi connectivity index (χ3v) is 4.58. The van der Waals surface area contributed by atoms with E-state index in [1.165, 1.54) is 0 Å². The second kappa shape index (κ2) is 6.20. The summed E-state index contributed by atoms with van der Waals surface area (Å²) in [6.07, 6.45) is 4.84. The standard InChI is InChI=1S/C14H25NO4/c1-19-12-3-2-8-15(9-12)10-14(18)6-4-11(5-7-14)13(16)17/h11-12,18H,2-10H2,1H3,(H,16,17). The van der Waals surface area contributed by atoms with Crippen LogP contribution < -0.4 is 0 Å². The van der Waals surface area contributed by atoms with E-state index in [0.29, 0.717) is 32.2 Å². The first-order valence-electron chi connectivity index (χ1n) is 7.23. The lowest BCUT2D eigenvalue weighted by Gasteiger charge is -2.41. The second-order valence-corrected chi connectivity index (χ2v) is 6.07. The van der Waals surface area contributed by atoms with Gasteiger partial charge in [-0.15, -0.1) is 0 Å². The number of carboxylic acid groups (broad SMARTS) is 1. The van der Waals surface area contributed by atoms with E-state index in [-0.39, 0.29) is 12.0 Å². The van der Waals surface area contributed by atoms with Crippen LogP contribution in [0.3, 0.4) is 0 Å². The summed E-state index contributed by atoms with van der Waals surface area (Å²) in [5.41, 5.74) is -0.707. The molecule has 1 aliphatic carbocycles. The molecular weight excluding hydrogens is 246 g/mol. The number of carboxylic acids is 1. The fourth-order valence-corrected chi connectivity index (χ4v) is 3.33. The van der Waals surface area contributed by atoms with E-state index in [9.17, 15) is 9.90 Å². The molecule has 0 aromatic heterocycles. The van der Waals surface area contributed by atoms with Crippen molar-refractivity contribution in [1.82, 2.24) is 4.90 Å². The molecule has 0 spiro atoms. The minimum absolute atomic E-state index is 0.270. The number of rotatable bonds is 4. The molecule has 0 amide bonds. The molecule has 5 nitrogen and oxygen atoms in total. The van der Waals surface area contributed by atoms with Gasteiger partial charge in [0.2, 0.25) is 0 Å². The van der Waals surface area contributed by atoms with E-state index >= 15 is 0 Å². The van der Waals surface area contributed by atoms with Crippen LogP contribution in [0.2, 0.25) is 0 Å². The Balaban J connectivity index is 1.83. The van der Waals surface area contributed by atoms with Crippen molar-refractivity contribution in [2.24, 2.45) is 5.92 Å². The molecule has 0 aromatic carbocycles. The molecule has 0 radical (unpaired) electrons. The average Bonchev–Trinajstić information content (AvgIpc) is 2.39. The number of nitrogens with zero attached hydrogens (tertiary/aromatic N) is 1. The van der Waals surface area contributed by atoms with Gasteiger partial charge in [0.15, 0.2) is 0 Å². The molecule has 1 saturated heterocycles. The van der Waals surface area contributed by atoms with E-state index in [0.717, 1.165) is 25.9 Å². The zero-order valence-corrected chi connectivity index (χ0v) is 11.7. The number of hydrogen-bond donors (Lipinski definition) is 2. The van der Waals surface area contributed by atoms with Gasteiger partial charge in [-0.2, -0.15) is 0 Å². The molecule has 2 rings (SSSR count). The molecule has 1 aliphatic heterocycles. The summed E-state index contributed by atoms with van der Waals surface area (Å²) < 4.78 is 5.39. The number of ether oxygens (including phenoxy) is 1. The maximum atomic E-state index is 10.9. The van der Waals surface area contributed by atoms with Crippen molar-refractivity contribution in [3.63, 3.8) is 0 Å². The van der Waals surface area contributed by atoms with Gasteiger partial charge in [0, 0.05) is 20.2 Å². The zero-order chi connectivity index (χ0) is 13.9. The molecule has 1 atom stereocenters. The fourth-order valence-electron chi connectivity index (χ4n) is 3.33. The quantitative estimate of drug-likeness (QED) is 0.801. The minimum Gasteiger partial charge on any atom is -0.481 e.